The van der Waals surface area contributed by atoms with E-state index < -0.39 is 5.51 Å². The molecule has 2 nitrogen and oxygen atoms in total. The van der Waals surface area contributed by atoms with Gasteiger partial charge in [0.25, 0.3) is 0 Å². The first-order chi connectivity index (χ1) is 6.01. The highest BCUT2D eigenvalue weighted by Gasteiger charge is 2.30. The summed E-state index contributed by atoms with van der Waals surface area (Å²) in [6.07, 6.45) is 0. The normalized spacial score (nSPS) is 20.3. The van der Waals surface area contributed by atoms with Crippen LogP contribution in [0.15, 0.2) is 0 Å². The average Bonchev–Trinajstić information content (AvgIpc) is 1.91. The van der Waals surface area contributed by atoms with E-state index in [0.29, 0.717) is 6.54 Å². The number of thioether (sulfide) groups is 1. The zero-order chi connectivity index (χ0) is 9.90. The van der Waals surface area contributed by atoms with E-state index >= 15 is 0 Å². The molecular formula is C7H12F3NOS. The van der Waals surface area contributed by atoms with Crippen LogP contribution in [0.4, 0.5) is 13.2 Å². The number of halogens is 3. The second-order valence-electron chi connectivity index (χ2n) is 3.10. The zero-order valence-corrected chi connectivity index (χ0v) is 7.87. The first kappa shape index (κ1) is 11.1. The number of alkyl halides is 3. The van der Waals surface area contributed by atoms with E-state index in [1.807, 2.05) is 4.90 Å². The number of hydrogen-bond donors (Lipinski definition) is 1. The summed E-state index contributed by atoms with van der Waals surface area (Å²) < 4.78 is 35.0. The van der Waals surface area contributed by atoms with Gasteiger partial charge in [0.15, 0.2) is 0 Å². The molecule has 0 aromatic heterocycles. The van der Waals surface area contributed by atoms with Crippen molar-refractivity contribution in [3.63, 3.8) is 0 Å². The zero-order valence-electron chi connectivity index (χ0n) is 7.05. The predicted octanol–water partition coefficient (Wildman–Crippen LogP) is 1.16. The third-order valence-corrected chi connectivity index (χ3v) is 2.68. The molecule has 1 fully saturated rings. The van der Waals surface area contributed by atoms with Gasteiger partial charge < -0.3 is 10.0 Å². The van der Waals surface area contributed by atoms with Crippen molar-refractivity contribution >= 4 is 11.8 Å². The molecule has 0 saturated carbocycles. The molecule has 13 heavy (non-hydrogen) atoms. The Kier molecular flexibility index (Phi) is 3.87. The fraction of sp³-hybridized carbons (Fsp3) is 1.00. The molecule has 0 amide bonds. The monoisotopic (exact) mass is 215 g/mol. The minimum absolute atomic E-state index is 0.0158. The van der Waals surface area contributed by atoms with E-state index in [1.165, 1.54) is 0 Å². The van der Waals surface area contributed by atoms with E-state index in [-0.39, 0.29) is 30.0 Å². The van der Waals surface area contributed by atoms with E-state index in [0.717, 1.165) is 13.1 Å². The molecule has 0 atom stereocenters. The number of hydrogen-bond acceptors (Lipinski definition) is 3. The van der Waals surface area contributed by atoms with E-state index in [1.54, 1.807) is 0 Å². The maximum atomic E-state index is 11.7. The summed E-state index contributed by atoms with van der Waals surface area (Å²) in [5.41, 5.74) is -4.11. The quantitative estimate of drug-likeness (QED) is 0.761. The van der Waals surface area contributed by atoms with Crippen LogP contribution in [0.3, 0.4) is 0 Å². The molecule has 6 heteroatoms. The lowest BCUT2D eigenvalue weighted by Crippen LogP contribution is -2.49. The van der Waals surface area contributed by atoms with Crippen LogP contribution in [0.25, 0.3) is 0 Å². The lowest BCUT2D eigenvalue weighted by molar-refractivity contribution is -0.0331. The average molecular weight is 215 g/mol. The molecule has 0 aromatic carbocycles. The third-order valence-electron chi connectivity index (χ3n) is 1.96. The molecule has 0 bridgehead atoms. The van der Waals surface area contributed by atoms with Gasteiger partial charge in [-0.1, -0.05) is 0 Å². The smallest absolute Gasteiger partial charge is 0.396 e. The van der Waals surface area contributed by atoms with Crippen LogP contribution in [-0.2, 0) is 0 Å². The fourth-order valence-electron chi connectivity index (χ4n) is 1.27. The van der Waals surface area contributed by atoms with Gasteiger partial charge in [-0.3, -0.25) is 0 Å². The largest absolute Gasteiger partial charge is 0.441 e. The van der Waals surface area contributed by atoms with Gasteiger partial charge in [-0.25, -0.2) is 0 Å². The fourth-order valence-corrected chi connectivity index (χ4v) is 1.85. The Bertz CT molecular complexity index is 158. The summed E-state index contributed by atoms with van der Waals surface area (Å²) in [4.78, 5) is 1.92. The van der Waals surface area contributed by atoms with Crippen molar-refractivity contribution in [2.75, 3.05) is 32.0 Å². The van der Waals surface area contributed by atoms with Crippen molar-refractivity contribution < 1.29 is 18.3 Å². The molecule has 1 N–H and O–H groups in total. The number of rotatable bonds is 4. The minimum atomic E-state index is -4.11. The molecule has 0 aliphatic carbocycles. The Hall–Kier alpha value is 0.0600. The van der Waals surface area contributed by atoms with Crippen LogP contribution in [0.1, 0.15) is 0 Å². The van der Waals surface area contributed by atoms with Gasteiger partial charge in [-0.2, -0.15) is 13.2 Å². The number of nitrogens with zero attached hydrogens (tertiary/aromatic N) is 1. The number of aliphatic hydroxyl groups is 1. The van der Waals surface area contributed by atoms with Crippen LogP contribution in [0.2, 0.25) is 0 Å². The first-order valence-corrected chi connectivity index (χ1v) is 5.04. The van der Waals surface area contributed by atoms with Crippen LogP contribution in [0, 0.1) is 5.92 Å². The third kappa shape index (κ3) is 4.19. The highest BCUT2D eigenvalue weighted by Crippen LogP contribution is 2.30. The van der Waals surface area contributed by atoms with Crippen molar-refractivity contribution in [3.05, 3.63) is 0 Å². The lowest BCUT2D eigenvalue weighted by Gasteiger charge is -2.38. The van der Waals surface area contributed by atoms with Crippen molar-refractivity contribution in [1.29, 1.82) is 0 Å². The second kappa shape index (κ2) is 4.52. The minimum Gasteiger partial charge on any atom is -0.396 e. The van der Waals surface area contributed by atoms with Crippen LogP contribution in [-0.4, -0.2) is 47.5 Å². The predicted molar refractivity (Wildman–Crippen MR) is 45.5 cm³/mol. The topological polar surface area (TPSA) is 23.5 Å². The molecule has 0 unspecified atom stereocenters. The maximum Gasteiger partial charge on any atom is 0.441 e. The molecule has 1 aliphatic rings. The van der Waals surface area contributed by atoms with Crippen molar-refractivity contribution in [2.24, 2.45) is 5.92 Å². The Balaban J connectivity index is 1.97. The summed E-state index contributed by atoms with van der Waals surface area (Å²) in [6.45, 7) is 2.06. The van der Waals surface area contributed by atoms with Crippen molar-refractivity contribution in [2.45, 2.75) is 5.51 Å². The Morgan fingerprint density at radius 1 is 1.38 bits per heavy atom. The molecule has 0 spiro atoms. The maximum absolute atomic E-state index is 11.7. The highest BCUT2D eigenvalue weighted by atomic mass is 32.2. The molecule has 0 radical (unpaired) electrons. The van der Waals surface area contributed by atoms with Crippen LogP contribution in [0.5, 0.6) is 0 Å². The summed E-state index contributed by atoms with van der Waals surface area (Å²) in [5.74, 6) is 0.359. The molecule has 78 valence electrons. The van der Waals surface area contributed by atoms with Gasteiger partial charge in [0.05, 0.1) is 0 Å². The summed E-state index contributed by atoms with van der Waals surface area (Å²) in [7, 11) is 0. The first-order valence-electron chi connectivity index (χ1n) is 4.05. The number of likely N-dealkylation sites (tertiary alicyclic amines) is 1. The van der Waals surface area contributed by atoms with Gasteiger partial charge in [-0.15, -0.1) is 0 Å². The van der Waals surface area contributed by atoms with Crippen molar-refractivity contribution in [3.8, 4) is 0 Å². The van der Waals surface area contributed by atoms with Crippen LogP contribution >= 0.6 is 11.8 Å². The lowest BCUT2D eigenvalue weighted by atomic mass is 10.0. The highest BCUT2D eigenvalue weighted by molar-refractivity contribution is 8.00. The summed E-state index contributed by atoms with van der Waals surface area (Å²) >= 11 is 0.0158. The Labute approximate surface area is 79.1 Å². The van der Waals surface area contributed by atoms with E-state index in [4.69, 9.17) is 5.11 Å². The summed E-state index contributed by atoms with van der Waals surface area (Å²) in [6, 6.07) is 0. The summed E-state index contributed by atoms with van der Waals surface area (Å²) in [5, 5.41) is 8.65. The molecule has 1 saturated heterocycles. The number of aliphatic hydroxyl groups excluding tert-OH is 1. The van der Waals surface area contributed by atoms with Gasteiger partial charge in [0.1, 0.15) is 0 Å². The van der Waals surface area contributed by atoms with E-state index in [2.05, 4.69) is 0 Å². The van der Waals surface area contributed by atoms with Gasteiger partial charge in [0, 0.05) is 37.9 Å². The molecule has 1 rings (SSSR count). The molecule has 1 heterocycles. The van der Waals surface area contributed by atoms with Gasteiger partial charge in [0.2, 0.25) is 0 Å². The Morgan fingerprint density at radius 3 is 2.46 bits per heavy atom. The second-order valence-corrected chi connectivity index (χ2v) is 4.26. The standard InChI is InChI=1S/C7H12F3NOS/c8-7(9,10)13-2-1-11-3-6(4-11)5-12/h6,12H,1-5H2. The van der Waals surface area contributed by atoms with Gasteiger partial charge in [-0.05, 0) is 11.8 Å². The Morgan fingerprint density at radius 2 is 2.00 bits per heavy atom. The van der Waals surface area contributed by atoms with Gasteiger partial charge >= 0.3 is 5.51 Å². The van der Waals surface area contributed by atoms with Crippen molar-refractivity contribution in [1.82, 2.24) is 4.90 Å². The van der Waals surface area contributed by atoms with E-state index in [9.17, 15) is 13.2 Å². The van der Waals surface area contributed by atoms with Crippen LogP contribution < -0.4 is 0 Å². The molecular weight excluding hydrogens is 203 g/mol. The SMILES string of the molecule is OCC1CN(CCSC(F)(F)F)C1. The molecule has 1 aliphatic heterocycles. The molecule has 0 aromatic rings.